The zero-order valence-electron chi connectivity index (χ0n) is 6.45. The average Bonchev–Trinajstić information content (AvgIpc) is 2.49. The van der Waals surface area contributed by atoms with Crippen molar-refractivity contribution in [1.29, 1.82) is 0 Å². The van der Waals surface area contributed by atoms with Crippen LogP contribution in [0.4, 0.5) is 4.39 Å². The maximum atomic E-state index is 13.1. The molecule has 0 spiro atoms. The topological polar surface area (TPSA) is 37.3 Å². The maximum absolute atomic E-state index is 13.1. The lowest BCUT2D eigenvalue weighted by atomic mass is 10.2. The zero-order chi connectivity index (χ0) is 9.42. The Balaban J connectivity index is 2.75. The number of halogens is 1. The molecular weight excluding hydrogens is 191 g/mol. The van der Waals surface area contributed by atoms with E-state index in [-0.39, 0.29) is 10.7 Å². The Bertz CT molecular complexity index is 475. The van der Waals surface area contributed by atoms with Crippen molar-refractivity contribution in [2.24, 2.45) is 0 Å². The minimum absolute atomic E-state index is 0.167. The van der Waals surface area contributed by atoms with Crippen LogP contribution in [-0.4, -0.2) is 11.1 Å². The molecule has 1 aromatic heterocycles. The van der Waals surface area contributed by atoms with Gasteiger partial charge in [-0.2, -0.15) is 0 Å². The lowest BCUT2D eigenvalue weighted by Crippen LogP contribution is -1.89. The van der Waals surface area contributed by atoms with E-state index in [1.807, 2.05) is 0 Å². The molecule has 0 atom stereocenters. The van der Waals surface area contributed by atoms with Crippen molar-refractivity contribution in [1.82, 2.24) is 0 Å². The molecule has 2 nitrogen and oxygen atoms in total. The van der Waals surface area contributed by atoms with Crippen LogP contribution in [0.5, 0.6) is 0 Å². The summed E-state index contributed by atoms with van der Waals surface area (Å²) in [6.45, 7) is 0. The molecule has 4 heteroatoms. The standard InChI is InChI=1S/C9H5FO2S/c10-6-2-1-3-7-5(6)4-8(13-7)9(11)12/h1-4H,(H,11,12). The summed E-state index contributed by atoms with van der Waals surface area (Å²) in [5, 5.41) is 9.04. The Kier molecular flexibility index (Phi) is 1.77. The van der Waals surface area contributed by atoms with Gasteiger partial charge in [-0.25, -0.2) is 9.18 Å². The van der Waals surface area contributed by atoms with Crippen LogP contribution in [0, 0.1) is 5.82 Å². The van der Waals surface area contributed by atoms with Crippen LogP contribution in [0.15, 0.2) is 24.3 Å². The molecular formula is C9H5FO2S. The summed E-state index contributed by atoms with van der Waals surface area (Å²) >= 11 is 1.08. The van der Waals surface area contributed by atoms with E-state index in [1.165, 1.54) is 12.1 Å². The van der Waals surface area contributed by atoms with E-state index < -0.39 is 5.97 Å². The molecule has 0 saturated heterocycles. The molecule has 0 bridgehead atoms. The predicted molar refractivity (Wildman–Crippen MR) is 48.7 cm³/mol. The van der Waals surface area contributed by atoms with Crippen LogP contribution in [0.1, 0.15) is 9.67 Å². The molecule has 0 unspecified atom stereocenters. The number of aromatic carboxylic acids is 1. The Labute approximate surface area is 77.2 Å². The first kappa shape index (κ1) is 8.19. The van der Waals surface area contributed by atoms with Crippen molar-refractivity contribution in [3.05, 3.63) is 35.0 Å². The number of thiophene rings is 1. The van der Waals surface area contributed by atoms with Gasteiger partial charge in [0.05, 0.1) is 0 Å². The van der Waals surface area contributed by atoms with Gasteiger partial charge in [0.15, 0.2) is 0 Å². The van der Waals surface area contributed by atoms with Crippen LogP contribution in [0.3, 0.4) is 0 Å². The summed E-state index contributed by atoms with van der Waals surface area (Å²) in [6.07, 6.45) is 0. The van der Waals surface area contributed by atoms with Crippen LogP contribution < -0.4 is 0 Å². The molecule has 13 heavy (non-hydrogen) atoms. The molecule has 2 rings (SSSR count). The fourth-order valence-electron chi connectivity index (χ4n) is 1.13. The lowest BCUT2D eigenvalue weighted by molar-refractivity contribution is 0.0702. The highest BCUT2D eigenvalue weighted by Crippen LogP contribution is 2.27. The van der Waals surface area contributed by atoms with E-state index in [0.29, 0.717) is 10.1 Å². The first-order chi connectivity index (χ1) is 6.18. The lowest BCUT2D eigenvalue weighted by Gasteiger charge is -1.87. The van der Waals surface area contributed by atoms with Crippen molar-refractivity contribution < 1.29 is 14.3 Å². The molecule has 0 saturated carbocycles. The monoisotopic (exact) mass is 196 g/mol. The molecule has 1 N–H and O–H groups in total. The van der Waals surface area contributed by atoms with Crippen molar-refractivity contribution >= 4 is 27.4 Å². The minimum Gasteiger partial charge on any atom is -0.477 e. The van der Waals surface area contributed by atoms with Crippen LogP contribution in [-0.2, 0) is 0 Å². The highest BCUT2D eigenvalue weighted by Gasteiger charge is 2.10. The Morgan fingerprint density at radius 3 is 2.85 bits per heavy atom. The van der Waals surface area contributed by atoms with Crippen molar-refractivity contribution in [2.45, 2.75) is 0 Å². The quantitative estimate of drug-likeness (QED) is 0.761. The highest BCUT2D eigenvalue weighted by molar-refractivity contribution is 7.20. The summed E-state index contributed by atoms with van der Waals surface area (Å²) in [6, 6.07) is 5.95. The third-order valence-electron chi connectivity index (χ3n) is 1.72. The van der Waals surface area contributed by atoms with Gasteiger partial charge in [0.25, 0.3) is 0 Å². The third-order valence-corrected chi connectivity index (χ3v) is 2.81. The summed E-state index contributed by atoms with van der Waals surface area (Å²) < 4.78 is 13.7. The smallest absolute Gasteiger partial charge is 0.345 e. The molecule has 0 aliphatic heterocycles. The summed E-state index contributed by atoms with van der Waals surface area (Å²) in [4.78, 5) is 10.7. The molecule has 1 aromatic carbocycles. The number of hydrogen-bond acceptors (Lipinski definition) is 2. The molecule has 66 valence electrons. The molecule has 2 aromatic rings. The fourth-order valence-corrected chi connectivity index (χ4v) is 2.04. The molecule has 1 heterocycles. The molecule has 0 fully saturated rings. The number of hydrogen-bond donors (Lipinski definition) is 1. The summed E-state index contributed by atoms with van der Waals surface area (Å²) in [7, 11) is 0. The number of carboxylic acids is 1. The number of fused-ring (bicyclic) bond motifs is 1. The Morgan fingerprint density at radius 2 is 2.23 bits per heavy atom. The first-order valence-corrected chi connectivity index (χ1v) is 4.41. The van der Waals surface area contributed by atoms with Crippen LogP contribution >= 0.6 is 11.3 Å². The van der Waals surface area contributed by atoms with E-state index >= 15 is 0 Å². The predicted octanol–water partition coefficient (Wildman–Crippen LogP) is 2.74. The molecule has 0 amide bonds. The van der Waals surface area contributed by atoms with Gasteiger partial charge in [0.2, 0.25) is 0 Å². The van der Waals surface area contributed by atoms with E-state index in [1.54, 1.807) is 12.1 Å². The van der Waals surface area contributed by atoms with Gasteiger partial charge in [0.1, 0.15) is 10.7 Å². The zero-order valence-corrected chi connectivity index (χ0v) is 7.27. The number of benzene rings is 1. The van der Waals surface area contributed by atoms with Gasteiger partial charge in [0, 0.05) is 10.1 Å². The minimum atomic E-state index is -1.01. The van der Waals surface area contributed by atoms with E-state index in [9.17, 15) is 9.18 Å². The second-order valence-electron chi connectivity index (χ2n) is 2.57. The largest absolute Gasteiger partial charge is 0.477 e. The molecule has 0 aliphatic carbocycles. The normalized spacial score (nSPS) is 10.5. The SMILES string of the molecule is O=C(O)c1cc2c(F)cccc2s1. The first-order valence-electron chi connectivity index (χ1n) is 3.60. The second-order valence-corrected chi connectivity index (χ2v) is 3.65. The number of rotatable bonds is 1. The van der Waals surface area contributed by atoms with Gasteiger partial charge in [-0.05, 0) is 18.2 Å². The van der Waals surface area contributed by atoms with Gasteiger partial charge in [-0.1, -0.05) is 6.07 Å². The van der Waals surface area contributed by atoms with Gasteiger partial charge in [-0.3, -0.25) is 0 Å². The average molecular weight is 196 g/mol. The maximum Gasteiger partial charge on any atom is 0.345 e. The van der Waals surface area contributed by atoms with Gasteiger partial charge in [-0.15, -0.1) is 11.3 Å². The summed E-state index contributed by atoms with van der Waals surface area (Å²) in [5.41, 5.74) is 0. The van der Waals surface area contributed by atoms with Crippen LogP contribution in [0.25, 0.3) is 10.1 Å². The van der Waals surface area contributed by atoms with Gasteiger partial charge >= 0.3 is 5.97 Å². The number of carbonyl (C=O) groups is 1. The van der Waals surface area contributed by atoms with Gasteiger partial charge < -0.3 is 5.11 Å². The molecule has 0 aliphatic rings. The van der Waals surface area contributed by atoms with Crippen molar-refractivity contribution in [3.8, 4) is 0 Å². The number of carboxylic acid groups (broad SMARTS) is 1. The van der Waals surface area contributed by atoms with E-state index in [0.717, 1.165) is 11.3 Å². The fraction of sp³-hybridized carbons (Fsp3) is 0. The Morgan fingerprint density at radius 1 is 1.46 bits per heavy atom. The summed E-state index contributed by atoms with van der Waals surface area (Å²) in [5.74, 6) is -1.39. The highest BCUT2D eigenvalue weighted by atomic mass is 32.1. The van der Waals surface area contributed by atoms with Crippen molar-refractivity contribution in [2.75, 3.05) is 0 Å². The molecule has 0 radical (unpaired) electrons. The van der Waals surface area contributed by atoms with E-state index in [4.69, 9.17) is 5.11 Å². The van der Waals surface area contributed by atoms with Crippen LogP contribution in [0.2, 0.25) is 0 Å². The van der Waals surface area contributed by atoms with Crippen molar-refractivity contribution in [3.63, 3.8) is 0 Å². The third kappa shape index (κ3) is 1.29. The Hall–Kier alpha value is -1.42. The van der Waals surface area contributed by atoms with E-state index in [2.05, 4.69) is 0 Å². The second kappa shape index (κ2) is 2.81.